The van der Waals surface area contributed by atoms with Crippen LogP contribution in [0.5, 0.6) is 11.5 Å². The summed E-state index contributed by atoms with van der Waals surface area (Å²) in [6, 6.07) is 18.2. The molecule has 6 rings (SSSR count). The topological polar surface area (TPSA) is 85.3 Å². The zero-order valence-electron chi connectivity index (χ0n) is 23.3. The number of methoxy groups -OCH3 is 1. The maximum Gasteiger partial charge on any atom is 0.254 e. The molecule has 8 nitrogen and oxygen atoms in total. The van der Waals surface area contributed by atoms with Crippen LogP contribution in [-0.4, -0.2) is 68.0 Å². The first-order valence-corrected chi connectivity index (χ1v) is 13.9. The number of anilines is 1. The van der Waals surface area contributed by atoms with Crippen LogP contribution in [0.4, 0.5) is 15.8 Å². The van der Waals surface area contributed by atoms with Crippen molar-refractivity contribution >= 4 is 34.4 Å². The molecule has 0 bridgehead atoms. The highest BCUT2D eigenvalue weighted by atomic mass is 19.1. The monoisotopic (exact) mass is 555 g/mol. The van der Waals surface area contributed by atoms with Gasteiger partial charge in [-0.15, -0.1) is 0 Å². The molecule has 2 N–H and O–H groups in total. The molecule has 9 heteroatoms. The first-order chi connectivity index (χ1) is 19.9. The standard InChI is InChI=1S/C32H34FN5O3/c1-36-12-13-41-30-16-23(32(39)37-11-3-4-25(34)20-37)15-28(31(30)36)35-18-26-14-22-7-8-24(33)17-29(22)38(26)19-21-5-9-27(40-2)10-6-21/h5-10,14-18,25H,3-4,11-13,19-20,34H2,1-2H3. The molecule has 1 aromatic heterocycles. The number of fused-ring (bicyclic) bond motifs is 2. The van der Waals surface area contributed by atoms with Crippen LogP contribution in [0.15, 0.2) is 65.7 Å². The molecule has 0 aliphatic carbocycles. The summed E-state index contributed by atoms with van der Waals surface area (Å²) in [6.07, 6.45) is 3.60. The number of likely N-dealkylation sites (N-methyl/N-ethyl adjacent to an activating group) is 1. The number of benzene rings is 3. The van der Waals surface area contributed by atoms with Crippen molar-refractivity contribution in [2.24, 2.45) is 10.7 Å². The molecule has 1 fully saturated rings. The number of carbonyl (C=O) groups excluding carboxylic acids is 1. The van der Waals surface area contributed by atoms with Crippen molar-refractivity contribution < 1.29 is 18.7 Å². The summed E-state index contributed by atoms with van der Waals surface area (Å²) in [5.41, 5.74) is 10.8. The molecular weight excluding hydrogens is 521 g/mol. The Kier molecular flexibility index (Phi) is 7.36. The fourth-order valence-electron chi connectivity index (χ4n) is 5.67. The van der Waals surface area contributed by atoms with Gasteiger partial charge in [0.05, 0.1) is 36.8 Å². The molecule has 3 heterocycles. The van der Waals surface area contributed by atoms with Crippen molar-refractivity contribution in [3.05, 3.63) is 83.3 Å². The molecule has 2 aliphatic heterocycles. The largest absolute Gasteiger partial charge is 0.497 e. The van der Waals surface area contributed by atoms with Crippen molar-refractivity contribution in [3.8, 4) is 11.5 Å². The number of carbonyl (C=O) groups is 1. The van der Waals surface area contributed by atoms with Gasteiger partial charge in [0.1, 0.15) is 29.6 Å². The Bertz CT molecular complexity index is 1610. The number of piperidine rings is 1. The summed E-state index contributed by atoms with van der Waals surface area (Å²) in [7, 11) is 3.63. The van der Waals surface area contributed by atoms with E-state index in [0.29, 0.717) is 49.8 Å². The van der Waals surface area contributed by atoms with E-state index < -0.39 is 0 Å². The van der Waals surface area contributed by atoms with Crippen molar-refractivity contribution in [3.63, 3.8) is 0 Å². The minimum atomic E-state index is -0.299. The lowest BCUT2D eigenvalue weighted by Gasteiger charge is -2.32. The molecule has 1 atom stereocenters. The van der Waals surface area contributed by atoms with Gasteiger partial charge in [0, 0.05) is 43.7 Å². The Morgan fingerprint density at radius 2 is 1.98 bits per heavy atom. The number of rotatable bonds is 6. The molecule has 4 aromatic rings. The zero-order chi connectivity index (χ0) is 28.5. The van der Waals surface area contributed by atoms with Crippen molar-refractivity contribution in [1.82, 2.24) is 9.47 Å². The van der Waals surface area contributed by atoms with Crippen LogP contribution in [0.3, 0.4) is 0 Å². The summed E-state index contributed by atoms with van der Waals surface area (Å²) in [5.74, 6) is 1.04. The van der Waals surface area contributed by atoms with Crippen LogP contribution < -0.4 is 20.1 Å². The van der Waals surface area contributed by atoms with Gasteiger partial charge < -0.3 is 29.6 Å². The summed E-state index contributed by atoms with van der Waals surface area (Å²) in [4.78, 5) is 22.3. The third-order valence-corrected chi connectivity index (χ3v) is 7.85. The molecule has 1 amide bonds. The Hall–Kier alpha value is -4.37. The minimum Gasteiger partial charge on any atom is -0.497 e. The molecule has 1 saturated heterocycles. The molecule has 212 valence electrons. The molecule has 0 radical (unpaired) electrons. The van der Waals surface area contributed by atoms with Gasteiger partial charge in [0.2, 0.25) is 0 Å². The van der Waals surface area contributed by atoms with Gasteiger partial charge >= 0.3 is 0 Å². The molecule has 1 unspecified atom stereocenters. The number of amides is 1. The predicted molar refractivity (Wildman–Crippen MR) is 160 cm³/mol. The Balaban J connectivity index is 1.40. The fraction of sp³-hybridized carbons (Fsp3) is 0.312. The summed E-state index contributed by atoms with van der Waals surface area (Å²) < 4.78 is 27.7. The maximum absolute atomic E-state index is 14.3. The van der Waals surface area contributed by atoms with E-state index in [2.05, 4.69) is 4.90 Å². The van der Waals surface area contributed by atoms with E-state index in [1.165, 1.54) is 6.07 Å². The quantitative estimate of drug-likeness (QED) is 0.339. The number of aliphatic imine (C=N–C) groups is 1. The van der Waals surface area contributed by atoms with E-state index in [4.69, 9.17) is 20.2 Å². The summed E-state index contributed by atoms with van der Waals surface area (Å²) in [5, 5.41) is 0.911. The van der Waals surface area contributed by atoms with E-state index in [1.807, 2.05) is 59.0 Å². The second-order valence-electron chi connectivity index (χ2n) is 10.7. The Labute approximate surface area is 238 Å². The third-order valence-electron chi connectivity index (χ3n) is 7.85. The second-order valence-corrected chi connectivity index (χ2v) is 10.7. The molecular formula is C32H34FN5O3. The predicted octanol–water partition coefficient (Wildman–Crippen LogP) is 4.98. The zero-order valence-corrected chi connectivity index (χ0v) is 23.3. The van der Waals surface area contributed by atoms with Crippen LogP contribution in [0.2, 0.25) is 0 Å². The lowest BCUT2D eigenvalue weighted by molar-refractivity contribution is 0.0708. The first kappa shape index (κ1) is 26.8. The average molecular weight is 556 g/mol. The highest BCUT2D eigenvalue weighted by molar-refractivity contribution is 5.99. The van der Waals surface area contributed by atoms with E-state index in [1.54, 1.807) is 25.5 Å². The molecule has 41 heavy (non-hydrogen) atoms. The minimum absolute atomic E-state index is 0.0114. The van der Waals surface area contributed by atoms with E-state index in [-0.39, 0.29) is 17.8 Å². The van der Waals surface area contributed by atoms with E-state index in [0.717, 1.165) is 46.4 Å². The van der Waals surface area contributed by atoms with Crippen molar-refractivity contribution in [2.45, 2.75) is 25.4 Å². The molecule has 2 aliphatic rings. The Morgan fingerprint density at radius 3 is 2.76 bits per heavy atom. The van der Waals surface area contributed by atoms with Crippen molar-refractivity contribution in [2.75, 3.05) is 45.3 Å². The number of nitrogens with zero attached hydrogens (tertiary/aromatic N) is 4. The van der Waals surface area contributed by atoms with Crippen LogP contribution in [0.1, 0.15) is 34.5 Å². The molecule has 0 saturated carbocycles. The number of aromatic nitrogens is 1. The van der Waals surface area contributed by atoms with Crippen LogP contribution >= 0.6 is 0 Å². The van der Waals surface area contributed by atoms with E-state index >= 15 is 0 Å². The van der Waals surface area contributed by atoms with Gasteiger partial charge in [-0.3, -0.25) is 9.79 Å². The normalized spacial score (nSPS) is 17.1. The summed E-state index contributed by atoms with van der Waals surface area (Å²) >= 11 is 0. The van der Waals surface area contributed by atoms with Crippen LogP contribution in [-0.2, 0) is 6.54 Å². The van der Waals surface area contributed by atoms with Crippen LogP contribution in [0.25, 0.3) is 10.9 Å². The third kappa shape index (κ3) is 5.50. The van der Waals surface area contributed by atoms with Gasteiger partial charge in [-0.1, -0.05) is 12.1 Å². The number of ether oxygens (including phenoxy) is 2. The van der Waals surface area contributed by atoms with Gasteiger partial charge in [0.15, 0.2) is 0 Å². The molecule has 0 spiro atoms. The van der Waals surface area contributed by atoms with Gasteiger partial charge in [-0.2, -0.15) is 0 Å². The molecule has 3 aromatic carbocycles. The SMILES string of the molecule is COc1ccc(Cn2c(C=Nc3cc(C(=O)N4CCCC(N)C4)cc4c3N(C)CCO4)cc3ccc(F)cc32)cc1. The number of hydrogen-bond acceptors (Lipinski definition) is 6. The van der Waals surface area contributed by atoms with Crippen molar-refractivity contribution in [1.29, 1.82) is 0 Å². The lowest BCUT2D eigenvalue weighted by Crippen LogP contribution is -2.45. The second kappa shape index (κ2) is 11.2. The average Bonchev–Trinajstić information content (AvgIpc) is 3.31. The van der Waals surface area contributed by atoms with Crippen LogP contribution in [0, 0.1) is 5.82 Å². The number of hydrogen-bond donors (Lipinski definition) is 1. The maximum atomic E-state index is 14.3. The van der Waals surface area contributed by atoms with Gasteiger partial charge in [0.25, 0.3) is 5.91 Å². The number of nitrogens with two attached hydrogens (primary N) is 1. The highest BCUT2D eigenvalue weighted by Gasteiger charge is 2.26. The smallest absolute Gasteiger partial charge is 0.254 e. The lowest BCUT2D eigenvalue weighted by atomic mass is 10.0. The van der Waals surface area contributed by atoms with Gasteiger partial charge in [-0.05, 0) is 66.9 Å². The first-order valence-electron chi connectivity index (χ1n) is 13.9. The summed E-state index contributed by atoms with van der Waals surface area (Å²) in [6.45, 7) is 2.98. The highest BCUT2D eigenvalue weighted by Crippen LogP contribution is 2.41. The van der Waals surface area contributed by atoms with E-state index in [9.17, 15) is 9.18 Å². The fourth-order valence-corrected chi connectivity index (χ4v) is 5.67. The van der Waals surface area contributed by atoms with Gasteiger partial charge in [-0.25, -0.2) is 4.39 Å². The number of likely N-dealkylation sites (tertiary alicyclic amines) is 1. The Morgan fingerprint density at radius 1 is 1.15 bits per heavy atom. The number of halogens is 1.